The lowest BCUT2D eigenvalue weighted by molar-refractivity contribution is -0.142. The van der Waals surface area contributed by atoms with Crippen LogP contribution in [0.4, 0.5) is 5.69 Å². The van der Waals surface area contributed by atoms with Gasteiger partial charge in [0.05, 0.1) is 7.11 Å². The zero-order valence-corrected chi connectivity index (χ0v) is 11.5. The quantitative estimate of drug-likeness (QED) is 0.856. The smallest absolute Gasteiger partial charge is 0.329 e. The van der Waals surface area contributed by atoms with Crippen LogP contribution in [-0.4, -0.2) is 23.7 Å². The Bertz CT molecular complexity index is 443. The van der Waals surface area contributed by atoms with E-state index in [9.17, 15) is 9.90 Å². The maximum absolute atomic E-state index is 11.6. The van der Waals surface area contributed by atoms with Gasteiger partial charge in [-0.2, -0.15) is 0 Å². The molecule has 0 spiro atoms. The number of nitrogens with one attached hydrogen (secondary N) is 1. The van der Waals surface area contributed by atoms with Crippen molar-refractivity contribution in [2.45, 2.75) is 38.1 Å². The Labute approximate surface area is 113 Å². The molecule has 1 aliphatic rings. The molecule has 1 fully saturated rings. The molecule has 0 radical (unpaired) electrons. The van der Waals surface area contributed by atoms with Crippen molar-refractivity contribution in [3.63, 3.8) is 0 Å². The van der Waals surface area contributed by atoms with Crippen LogP contribution in [0.2, 0.25) is 0 Å². The van der Waals surface area contributed by atoms with Gasteiger partial charge in [-0.1, -0.05) is 13.3 Å². The van der Waals surface area contributed by atoms with Gasteiger partial charge >= 0.3 is 5.97 Å². The highest BCUT2D eigenvalue weighted by molar-refractivity contribution is 5.83. The topological polar surface area (TPSA) is 58.6 Å². The van der Waals surface area contributed by atoms with Crippen LogP contribution in [0.25, 0.3) is 0 Å². The maximum atomic E-state index is 11.6. The molecule has 0 amide bonds. The predicted octanol–water partition coefficient (Wildman–Crippen LogP) is 3.14. The standard InChI is InChI=1S/C15H21NO3/c1-3-11-8-9-15(10-11,14(17)18)16-12-4-6-13(19-2)7-5-12/h4-7,11,16H,3,8-10H2,1-2H3,(H,17,18). The van der Waals surface area contributed by atoms with Crippen LogP contribution < -0.4 is 10.1 Å². The van der Waals surface area contributed by atoms with Gasteiger partial charge in [-0.15, -0.1) is 0 Å². The summed E-state index contributed by atoms with van der Waals surface area (Å²) in [6, 6.07) is 7.40. The fraction of sp³-hybridized carbons (Fsp3) is 0.533. The molecule has 2 rings (SSSR count). The van der Waals surface area contributed by atoms with Crippen LogP contribution in [0.1, 0.15) is 32.6 Å². The molecule has 0 aliphatic heterocycles. The second-order valence-corrected chi connectivity index (χ2v) is 5.26. The van der Waals surface area contributed by atoms with Gasteiger partial charge in [0.2, 0.25) is 0 Å². The SMILES string of the molecule is CCC1CCC(Nc2ccc(OC)cc2)(C(=O)O)C1. The number of carbonyl (C=O) groups is 1. The molecule has 0 saturated heterocycles. The van der Waals surface area contributed by atoms with E-state index in [0.717, 1.165) is 24.3 Å². The maximum Gasteiger partial charge on any atom is 0.329 e. The van der Waals surface area contributed by atoms with Crippen LogP contribution in [0.3, 0.4) is 0 Å². The molecule has 1 aromatic rings. The fourth-order valence-electron chi connectivity index (χ4n) is 2.81. The zero-order valence-electron chi connectivity index (χ0n) is 11.5. The first-order valence-electron chi connectivity index (χ1n) is 6.75. The fourth-order valence-corrected chi connectivity index (χ4v) is 2.81. The average molecular weight is 263 g/mol. The van der Waals surface area contributed by atoms with E-state index in [1.807, 2.05) is 24.3 Å². The molecule has 2 N–H and O–H groups in total. The molecule has 1 aliphatic carbocycles. The molecular weight excluding hydrogens is 242 g/mol. The monoisotopic (exact) mass is 263 g/mol. The largest absolute Gasteiger partial charge is 0.497 e. The molecule has 19 heavy (non-hydrogen) atoms. The minimum Gasteiger partial charge on any atom is -0.497 e. The van der Waals surface area contributed by atoms with Gasteiger partial charge in [-0.3, -0.25) is 0 Å². The van der Waals surface area contributed by atoms with Crippen LogP contribution in [-0.2, 0) is 4.79 Å². The molecule has 2 atom stereocenters. The lowest BCUT2D eigenvalue weighted by Gasteiger charge is -2.27. The molecule has 0 heterocycles. The zero-order chi connectivity index (χ0) is 13.9. The Hall–Kier alpha value is -1.71. The molecule has 4 nitrogen and oxygen atoms in total. The van der Waals surface area contributed by atoms with Crippen molar-refractivity contribution >= 4 is 11.7 Å². The first-order chi connectivity index (χ1) is 9.09. The summed E-state index contributed by atoms with van der Waals surface area (Å²) in [5, 5.41) is 12.8. The van der Waals surface area contributed by atoms with E-state index in [1.54, 1.807) is 7.11 Å². The summed E-state index contributed by atoms with van der Waals surface area (Å²) >= 11 is 0. The Kier molecular flexibility index (Phi) is 3.98. The first kappa shape index (κ1) is 13.7. The van der Waals surface area contributed by atoms with E-state index in [-0.39, 0.29) is 0 Å². The summed E-state index contributed by atoms with van der Waals surface area (Å²) < 4.78 is 5.10. The van der Waals surface area contributed by atoms with Crippen LogP contribution in [0, 0.1) is 5.92 Å². The van der Waals surface area contributed by atoms with Crippen molar-refractivity contribution < 1.29 is 14.6 Å². The highest BCUT2D eigenvalue weighted by Crippen LogP contribution is 2.39. The molecule has 1 aromatic carbocycles. The van der Waals surface area contributed by atoms with E-state index >= 15 is 0 Å². The summed E-state index contributed by atoms with van der Waals surface area (Å²) in [6.07, 6.45) is 3.41. The van der Waals surface area contributed by atoms with Crippen molar-refractivity contribution in [1.82, 2.24) is 0 Å². The third-order valence-corrected chi connectivity index (χ3v) is 4.08. The first-order valence-corrected chi connectivity index (χ1v) is 6.75. The molecule has 104 valence electrons. The Balaban J connectivity index is 2.15. The van der Waals surface area contributed by atoms with Crippen molar-refractivity contribution in [2.75, 3.05) is 12.4 Å². The van der Waals surface area contributed by atoms with Crippen LogP contribution >= 0.6 is 0 Å². The number of rotatable bonds is 5. The molecular formula is C15H21NO3. The van der Waals surface area contributed by atoms with E-state index < -0.39 is 11.5 Å². The third-order valence-electron chi connectivity index (χ3n) is 4.08. The number of carboxylic acids is 1. The van der Waals surface area contributed by atoms with Gasteiger partial charge in [0, 0.05) is 5.69 Å². The lowest BCUT2D eigenvalue weighted by Crippen LogP contribution is -2.44. The van der Waals surface area contributed by atoms with Crippen LogP contribution in [0.15, 0.2) is 24.3 Å². The van der Waals surface area contributed by atoms with E-state index in [1.165, 1.54) is 0 Å². The normalized spacial score (nSPS) is 26.1. The Morgan fingerprint density at radius 1 is 1.47 bits per heavy atom. The van der Waals surface area contributed by atoms with Crippen molar-refractivity contribution in [3.8, 4) is 5.75 Å². The number of hydrogen-bond acceptors (Lipinski definition) is 3. The number of carboxylic acid groups (broad SMARTS) is 1. The number of ether oxygens (including phenoxy) is 1. The van der Waals surface area contributed by atoms with Gasteiger partial charge < -0.3 is 15.2 Å². The minimum atomic E-state index is -0.810. The second kappa shape index (κ2) is 5.51. The molecule has 0 aromatic heterocycles. The van der Waals surface area contributed by atoms with Gasteiger partial charge in [0.25, 0.3) is 0 Å². The summed E-state index contributed by atoms with van der Waals surface area (Å²) in [5.74, 6) is 0.522. The van der Waals surface area contributed by atoms with Crippen molar-refractivity contribution in [1.29, 1.82) is 0 Å². The molecule has 1 saturated carbocycles. The number of anilines is 1. The summed E-state index contributed by atoms with van der Waals surface area (Å²) in [6.45, 7) is 2.12. The number of benzene rings is 1. The number of aliphatic carboxylic acids is 1. The number of methoxy groups -OCH3 is 1. The van der Waals surface area contributed by atoms with E-state index in [4.69, 9.17) is 4.74 Å². The van der Waals surface area contributed by atoms with Gasteiger partial charge in [0.1, 0.15) is 11.3 Å². The summed E-state index contributed by atoms with van der Waals surface area (Å²) in [7, 11) is 1.62. The van der Waals surface area contributed by atoms with Crippen molar-refractivity contribution in [3.05, 3.63) is 24.3 Å². The van der Waals surface area contributed by atoms with E-state index in [0.29, 0.717) is 18.8 Å². The Morgan fingerprint density at radius 2 is 2.16 bits per heavy atom. The molecule has 4 heteroatoms. The van der Waals surface area contributed by atoms with Gasteiger partial charge in [-0.25, -0.2) is 4.79 Å². The predicted molar refractivity (Wildman–Crippen MR) is 74.6 cm³/mol. The van der Waals surface area contributed by atoms with Gasteiger partial charge in [-0.05, 0) is 49.4 Å². The highest BCUT2D eigenvalue weighted by Gasteiger charge is 2.44. The minimum absolute atomic E-state index is 0.502. The summed E-state index contributed by atoms with van der Waals surface area (Å²) in [5.41, 5.74) is 0.0230. The average Bonchev–Trinajstić information content (AvgIpc) is 2.84. The van der Waals surface area contributed by atoms with Crippen molar-refractivity contribution in [2.24, 2.45) is 5.92 Å². The second-order valence-electron chi connectivity index (χ2n) is 5.26. The highest BCUT2D eigenvalue weighted by atomic mass is 16.5. The molecule has 2 unspecified atom stereocenters. The third kappa shape index (κ3) is 2.83. The van der Waals surface area contributed by atoms with E-state index in [2.05, 4.69) is 12.2 Å². The van der Waals surface area contributed by atoms with Gasteiger partial charge in [0.15, 0.2) is 0 Å². The molecule has 0 bridgehead atoms. The Morgan fingerprint density at radius 3 is 2.63 bits per heavy atom. The number of hydrogen-bond donors (Lipinski definition) is 2. The summed E-state index contributed by atoms with van der Waals surface area (Å²) in [4.78, 5) is 11.6. The lowest BCUT2D eigenvalue weighted by atomic mass is 9.94. The van der Waals surface area contributed by atoms with Crippen LogP contribution in [0.5, 0.6) is 5.75 Å².